The van der Waals surface area contributed by atoms with Crippen LogP contribution in [0, 0.1) is 0 Å². The fourth-order valence-electron chi connectivity index (χ4n) is 1.78. The van der Waals surface area contributed by atoms with Crippen molar-refractivity contribution in [3.63, 3.8) is 0 Å². The fourth-order valence-corrected chi connectivity index (χ4v) is 2.38. The van der Waals surface area contributed by atoms with Gasteiger partial charge in [-0.1, -0.05) is 20.3 Å². The maximum absolute atomic E-state index is 12.0. The number of pyridine rings is 1. The minimum Gasteiger partial charge on any atom is -0.349 e. The highest BCUT2D eigenvalue weighted by Crippen LogP contribution is 2.14. The van der Waals surface area contributed by atoms with Crippen LogP contribution in [0.3, 0.4) is 0 Å². The number of carbonyl (C=O) groups excluding carboxylic acids is 1. The molecule has 4 nitrogen and oxygen atoms in total. The molecule has 100 valence electrons. The van der Waals surface area contributed by atoms with E-state index in [1.165, 1.54) is 0 Å². The molecule has 0 spiro atoms. The number of rotatable bonds is 5. The molecule has 1 rings (SSSR count). The van der Waals surface area contributed by atoms with E-state index in [2.05, 4.69) is 33.2 Å². The van der Waals surface area contributed by atoms with Crippen molar-refractivity contribution in [3.05, 3.63) is 32.2 Å². The minimum atomic E-state index is -0.337. The maximum Gasteiger partial charge on any atom is 0.261 e. The SMILES string of the molecule is CCC[C@H](C)NC(=O)c1cc(Br)c(CC)[nH]c1=O. The predicted octanol–water partition coefficient (Wildman–Crippen LogP) is 2.62. The van der Waals surface area contributed by atoms with Crippen molar-refractivity contribution < 1.29 is 4.79 Å². The standard InChI is InChI=1S/C13H19BrN2O2/c1-4-6-8(3)15-12(17)9-7-10(14)11(5-2)16-13(9)18/h7-8H,4-6H2,1-3H3,(H,15,17)(H,16,18)/t8-/m0/s1. The third kappa shape index (κ3) is 3.70. The summed E-state index contributed by atoms with van der Waals surface area (Å²) in [4.78, 5) is 26.5. The third-order valence-electron chi connectivity index (χ3n) is 2.77. The second-order valence-electron chi connectivity index (χ2n) is 4.36. The number of H-pyrrole nitrogens is 1. The Morgan fingerprint density at radius 1 is 1.50 bits per heavy atom. The van der Waals surface area contributed by atoms with Crippen LogP contribution in [-0.4, -0.2) is 16.9 Å². The summed E-state index contributed by atoms with van der Waals surface area (Å²) < 4.78 is 0.762. The Bertz CT molecular complexity index is 482. The van der Waals surface area contributed by atoms with Crippen LogP contribution in [0.2, 0.25) is 0 Å². The van der Waals surface area contributed by atoms with Crippen LogP contribution in [0.25, 0.3) is 0 Å². The van der Waals surface area contributed by atoms with E-state index in [0.29, 0.717) is 6.42 Å². The van der Waals surface area contributed by atoms with Gasteiger partial charge in [-0.15, -0.1) is 0 Å². The van der Waals surface area contributed by atoms with E-state index in [9.17, 15) is 9.59 Å². The van der Waals surface area contributed by atoms with Gasteiger partial charge < -0.3 is 10.3 Å². The molecule has 0 aliphatic carbocycles. The quantitative estimate of drug-likeness (QED) is 0.877. The smallest absolute Gasteiger partial charge is 0.261 e. The molecular formula is C13H19BrN2O2. The molecule has 18 heavy (non-hydrogen) atoms. The largest absolute Gasteiger partial charge is 0.349 e. The zero-order valence-corrected chi connectivity index (χ0v) is 12.6. The van der Waals surface area contributed by atoms with Crippen LogP contribution in [0.15, 0.2) is 15.3 Å². The number of amides is 1. The molecule has 0 fully saturated rings. The van der Waals surface area contributed by atoms with Gasteiger partial charge in [0, 0.05) is 16.2 Å². The van der Waals surface area contributed by atoms with Crippen LogP contribution in [0.1, 0.15) is 49.7 Å². The van der Waals surface area contributed by atoms with Crippen molar-refractivity contribution in [2.75, 3.05) is 0 Å². The topological polar surface area (TPSA) is 62.0 Å². The molecule has 1 aromatic rings. The summed E-state index contributed by atoms with van der Waals surface area (Å²) in [6.07, 6.45) is 2.61. The molecule has 1 atom stereocenters. The zero-order chi connectivity index (χ0) is 13.7. The number of nitrogens with one attached hydrogen (secondary N) is 2. The predicted molar refractivity (Wildman–Crippen MR) is 76.0 cm³/mol. The second-order valence-corrected chi connectivity index (χ2v) is 5.21. The highest BCUT2D eigenvalue weighted by molar-refractivity contribution is 9.10. The molecule has 0 saturated carbocycles. The summed E-state index contributed by atoms with van der Waals surface area (Å²) in [7, 11) is 0. The molecule has 0 radical (unpaired) electrons. The molecule has 0 saturated heterocycles. The molecule has 2 N–H and O–H groups in total. The summed E-state index contributed by atoms with van der Waals surface area (Å²) in [6.45, 7) is 5.94. The Morgan fingerprint density at radius 3 is 2.72 bits per heavy atom. The van der Waals surface area contributed by atoms with Gasteiger partial charge >= 0.3 is 0 Å². The lowest BCUT2D eigenvalue weighted by molar-refractivity contribution is 0.0936. The van der Waals surface area contributed by atoms with Gasteiger partial charge in [0.1, 0.15) is 5.56 Å². The average Bonchev–Trinajstić information content (AvgIpc) is 2.31. The number of hydrogen-bond donors (Lipinski definition) is 2. The first-order valence-electron chi connectivity index (χ1n) is 6.22. The van der Waals surface area contributed by atoms with E-state index < -0.39 is 0 Å². The summed E-state index contributed by atoms with van der Waals surface area (Å²) in [5.74, 6) is -0.319. The minimum absolute atomic E-state index is 0.0755. The normalized spacial score (nSPS) is 12.2. The van der Waals surface area contributed by atoms with Crippen molar-refractivity contribution in [2.24, 2.45) is 0 Å². The van der Waals surface area contributed by atoms with Gasteiger partial charge in [0.05, 0.1) is 0 Å². The number of aryl methyl sites for hydroxylation is 1. The molecule has 0 aromatic carbocycles. The molecule has 0 aliphatic heterocycles. The van der Waals surface area contributed by atoms with Gasteiger partial charge in [-0.25, -0.2) is 0 Å². The van der Waals surface area contributed by atoms with Gasteiger partial charge in [-0.3, -0.25) is 9.59 Å². The van der Waals surface area contributed by atoms with Gasteiger partial charge in [0.2, 0.25) is 0 Å². The molecule has 1 amide bonds. The van der Waals surface area contributed by atoms with E-state index in [1.54, 1.807) is 6.07 Å². The number of aromatic nitrogens is 1. The molecule has 0 unspecified atom stereocenters. The summed E-state index contributed by atoms with van der Waals surface area (Å²) in [5.41, 5.74) is 0.622. The Balaban J connectivity index is 2.93. The lowest BCUT2D eigenvalue weighted by Gasteiger charge is -2.12. The lowest BCUT2D eigenvalue weighted by Crippen LogP contribution is -2.36. The first-order chi connectivity index (χ1) is 8.49. The van der Waals surface area contributed by atoms with E-state index >= 15 is 0 Å². The summed E-state index contributed by atoms with van der Waals surface area (Å²) in [5, 5.41) is 2.82. The highest BCUT2D eigenvalue weighted by Gasteiger charge is 2.14. The van der Waals surface area contributed by atoms with Gasteiger partial charge in [-0.05, 0) is 41.8 Å². The maximum atomic E-state index is 12.0. The third-order valence-corrected chi connectivity index (χ3v) is 3.47. The Kier molecular flexibility index (Phi) is 5.59. The Hall–Kier alpha value is -1.10. The first-order valence-corrected chi connectivity index (χ1v) is 7.01. The number of aromatic amines is 1. The van der Waals surface area contributed by atoms with Crippen molar-refractivity contribution in [1.29, 1.82) is 0 Å². The molecule has 1 aromatic heterocycles. The van der Waals surface area contributed by atoms with E-state index in [-0.39, 0.29) is 23.1 Å². The average molecular weight is 315 g/mol. The van der Waals surface area contributed by atoms with Crippen LogP contribution >= 0.6 is 15.9 Å². The van der Waals surface area contributed by atoms with Gasteiger partial charge in [0.15, 0.2) is 0 Å². The summed E-state index contributed by atoms with van der Waals surface area (Å²) in [6, 6.07) is 1.66. The Labute approximate surface area is 115 Å². The van der Waals surface area contributed by atoms with Crippen LogP contribution in [-0.2, 0) is 6.42 Å². The molecule has 5 heteroatoms. The Morgan fingerprint density at radius 2 is 2.17 bits per heavy atom. The van der Waals surface area contributed by atoms with Crippen LogP contribution < -0.4 is 10.9 Å². The van der Waals surface area contributed by atoms with Crippen LogP contribution in [0.4, 0.5) is 0 Å². The monoisotopic (exact) mass is 314 g/mol. The van der Waals surface area contributed by atoms with Crippen molar-refractivity contribution in [3.8, 4) is 0 Å². The summed E-state index contributed by atoms with van der Waals surface area (Å²) >= 11 is 3.36. The number of hydrogen-bond acceptors (Lipinski definition) is 2. The van der Waals surface area contributed by atoms with Crippen molar-refractivity contribution >= 4 is 21.8 Å². The number of carbonyl (C=O) groups is 1. The van der Waals surface area contributed by atoms with Crippen LogP contribution in [0.5, 0.6) is 0 Å². The van der Waals surface area contributed by atoms with Gasteiger partial charge in [0.25, 0.3) is 11.5 Å². The lowest BCUT2D eigenvalue weighted by atomic mass is 10.1. The zero-order valence-electron chi connectivity index (χ0n) is 11.0. The molecule has 0 aliphatic rings. The van der Waals surface area contributed by atoms with Crippen molar-refractivity contribution in [2.45, 2.75) is 46.1 Å². The fraction of sp³-hybridized carbons (Fsp3) is 0.538. The van der Waals surface area contributed by atoms with Crippen molar-refractivity contribution in [1.82, 2.24) is 10.3 Å². The first kappa shape index (κ1) is 15.0. The van der Waals surface area contributed by atoms with E-state index in [0.717, 1.165) is 23.0 Å². The number of halogens is 1. The molecular weight excluding hydrogens is 296 g/mol. The molecule has 0 bridgehead atoms. The van der Waals surface area contributed by atoms with E-state index in [1.807, 2.05) is 13.8 Å². The van der Waals surface area contributed by atoms with Gasteiger partial charge in [-0.2, -0.15) is 0 Å². The molecule has 1 heterocycles. The van der Waals surface area contributed by atoms with E-state index in [4.69, 9.17) is 0 Å². The second kappa shape index (κ2) is 6.73. The highest BCUT2D eigenvalue weighted by atomic mass is 79.9.